The van der Waals surface area contributed by atoms with Crippen molar-refractivity contribution in [1.82, 2.24) is 4.72 Å². The molecule has 0 amide bonds. The molecule has 1 saturated carbocycles. The predicted octanol–water partition coefficient (Wildman–Crippen LogP) is 1.38. The molecule has 108 valence electrons. The van der Waals surface area contributed by atoms with Crippen LogP contribution in [0.4, 0.5) is 0 Å². The maximum atomic E-state index is 12.4. The van der Waals surface area contributed by atoms with Gasteiger partial charge in [-0.15, -0.1) is 0 Å². The zero-order valence-electron chi connectivity index (χ0n) is 11.9. The van der Waals surface area contributed by atoms with E-state index in [1.807, 2.05) is 6.92 Å². The second-order valence-corrected chi connectivity index (χ2v) is 7.38. The van der Waals surface area contributed by atoms with Gasteiger partial charge < -0.3 is 5.73 Å². The molecule has 0 aromatic heterocycles. The fraction of sp³-hybridized carbons (Fsp3) is 0.467. The molecule has 1 aromatic carbocycles. The van der Waals surface area contributed by atoms with Gasteiger partial charge in [0.15, 0.2) is 0 Å². The maximum Gasteiger partial charge on any atom is 0.241 e. The average molecular weight is 292 g/mol. The Morgan fingerprint density at radius 3 is 2.70 bits per heavy atom. The number of sulfonamides is 1. The highest BCUT2D eigenvalue weighted by atomic mass is 32.2. The number of nitrogens with two attached hydrogens (primary N) is 1. The van der Waals surface area contributed by atoms with Gasteiger partial charge >= 0.3 is 0 Å². The Hall–Kier alpha value is -1.35. The predicted molar refractivity (Wildman–Crippen MR) is 79.6 cm³/mol. The lowest BCUT2D eigenvalue weighted by Gasteiger charge is -2.12. The first-order chi connectivity index (χ1) is 9.36. The van der Waals surface area contributed by atoms with Crippen molar-refractivity contribution in [2.24, 2.45) is 11.1 Å². The molecule has 4 nitrogen and oxygen atoms in total. The molecule has 0 aliphatic heterocycles. The molecule has 20 heavy (non-hydrogen) atoms. The Kier molecular flexibility index (Phi) is 4.19. The lowest BCUT2D eigenvalue weighted by Crippen LogP contribution is -2.29. The second kappa shape index (κ2) is 5.57. The summed E-state index contributed by atoms with van der Waals surface area (Å²) in [5.41, 5.74) is 6.96. The van der Waals surface area contributed by atoms with Crippen LogP contribution < -0.4 is 10.5 Å². The van der Waals surface area contributed by atoms with Crippen LogP contribution in [0.1, 0.15) is 30.9 Å². The largest absolute Gasteiger partial charge is 0.320 e. The first kappa shape index (κ1) is 15.0. The van der Waals surface area contributed by atoms with Crippen LogP contribution in [0.25, 0.3) is 0 Å². The van der Waals surface area contributed by atoms with Gasteiger partial charge in [0.05, 0.1) is 11.4 Å². The van der Waals surface area contributed by atoms with Crippen LogP contribution in [0.15, 0.2) is 23.1 Å². The van der Waals surface area contributed by atoms with Gasteiger partial charge in [0.1, 0.15) is 0 Å². The third-order valence-corrected chi connectivity index (χ3v) is 5.00. The first-order valence-electron chi connectivity index (χ1n) is 6.66. The highest BCUT2D eigenvalue weighted by molar-refractivity contribution is 7.89. The highest BCUT2D eigenvalue weighted by Crippen LogP contribution is 2.44. The summed E-state index contributed by atoms with van der Waals surface area (Å²) in [4.78, 5) is 0.230. The summed E-state index contributed by atoms with van der Waals surface area (Å²) in [6.45, 7) is 4.67. The zero-order valence-corrected chi connectivity index (χ0v) is 12.7. The Morgan fingerprint density at radius 2 is 2.10 bits per heavy atom. The topological polar surface area (TPSA) is 72.2 Å². The lowest BCUT2D eigenvalue weighted by molar-refractivity contribution is 0.530. The van der Waals surface area contributed by atoms with Crippen molar-refractivity contribution in [2.45, 2.75) is 31.6 Å². The highest BCUT2D eigenvalue weighted by Gasteiger charge is 2.38. The van der Waals surface area contributed by atoms with Crippen LogP contribution in [0.3, 0.4) is 0 Å². The van der Waals surface area contributed by atoms with E-state index in [9.17, 15) is 8.42 Å². The van der Waals surface area contributed by atoms with Gasteiger partial charge in [-0.1, -0.05) is 24.8 Å². The molecule has 1 aliphatic carbocycles. The quantitative estimate of drug-likeness (QED) is 0.824. The van der Waals surface area contributed by atoms with Crippen LogP contribution in [-0.4, -0.2) is 21.5 Å². The first-order valence-corrected chi connectivity index (χ1v) is 8.14. The number of hydrogen-bond donors (Lipinski definition) is 2. The van der Waals surface area contributed by atoms with Crippen LogP contribution in [0, 0.1) is 24.2 Å². The molecule has 0 bridgehead atoms. The van der Waals surface area contributed by atoms with Gasteiger partial charge in [0.2, 0.25) is 10.0 Å². The van der Waals surface area contributed by atoms with Crippen molar-refractivity contribution in [3.05, 3.63) is 29.3 Å². The third kappa shape index (κ3) is 3.60. The lowest BCUT2D eigenvalue weighted by atomic mass is 10.1. The molecule has 1 aliphatic rings. The van der Waals surface area contributed by atoms with Crippen LogP contribution in [-0.2, 0) is 10.0 Å². The van der Waals surface area contributed by atoms with Gasteiger partial charge in [-0.2, -0.15) is 0 Å². The molecule has 1 fully saturated rings. The maximum absolute atomic E-state index is 12.4. The summed E-state index contributed by atoms with van der Waals surface area (Å²) in [5, 5.41) is 0. The van der Waals surface area contributed by atoms with E-state index in [0.29, 0.717) is 12.1 Å². The number of hydrogen-bond acceptors (Lipinski definition) is 3. The molecule has 0 radical (unpaired) electrons. The Balaban J connectivity index is 2.30. The normalized spacial score (nSPS) is 16.4. The Bertz CT molecular complexity index is 665. The van der Waals surface area contributed by atoms with Crippen molar-refractivity contribution in [2.75, 3.05) is 13.1 Å². The SMILES string of the molecule is Cc1ccc(S(=O)(=O)NCC2(C)CC2)c(C#CCN)c1. The fourth-order valence-corrected chi connectivity index (χ4v) is 3.20. The summed E-state index contributed by atoms with van der Waals surface area (Å²) >= 11 is 0. The molecule has 1 aromatic rings. The van der Waals surface area contributed by atoms with Crippen molar-refractivity contribution < 1.29 is 8.42 Å². The summed E-state index contributed by atoms with van der Waals surface area (Å²) in [6.07, 6.45) is 2.15. The van der Waals surface area contributed by atoms with E-state index < -0.39 is 10.0 Å². The van der Waals surface area contributed by atoms with E-state index in [2.05, 4.69) is 23.5 Å². The van der Waals surface area contributed by atoms with Crippen LogP contribution in [0.2, 0.25) is 0 Å². The molecular formula is C15H20N2O2S. The number of rotatable bonds is 4. The summed E-state index contributed by atoms with van der Waals surface area (Å²) < 4.78 is 27.5. The standard InChI is InChI=1S/C15H20N2O2S/c1-12-5-6-14(13(10-12)4-3-9-16)20(18,19)17-11-15(2)7-8-15/h5-6,10,17H,7-9,11,16H2,1-2H3. The number of nitrogens with one attached hydrogen (secondary N) is 1. The minimum atomic E-state index is -3.52. The molecule has 0 heterocycles. The van der Waals surface area contributed by atoms with E-state index >= 15 is 0 Å². The Morgan fingerprint density at radius 1 is 1.40 bits per heavy atom. The molecule has 0 atom stereocenters. The minimum absolute atomic E-state index is 0.126. The monoisotopic (exact) mass is 292 g/mol. The molecule has 3 N–H and O–H groups in total. The van der Waals surface area contributed by atoms with Gasteiger partial charge in [-0.25, -0.2) is 13.1 Å². The van der Waals surface area contributed by atoms with Crippen molar-refractivity contribution in [3.8, 4) is 11.8 Å². The third-order valence-electron chi connectivity index (χ3n) is 3.54. The Labute approximate surface area is 120 Å². The van der Waals surface area contributed by atoms with E-state index in [0.717, 1.165) is 18.4 Å². The van der Waals surface area contributed by atoms with E-state index in [-0.39, 0.29) is 16.9 Å². The van der Waals surface area contributed by atoms with Crippen molar-refractivity contribution >= 4 is 10.0 Å². The van der Waals surface area contributed by atoms with Gasteiger partial charge in [-0.05, 0) is 42.9 Å². The molecule has 5 heteroatoms. The zero-order chi connectivity index (χ0) is 14.8. The van der Waals surface area contributed by atoms with Crippen molar-refractivity contribution in [3.63, 3.8) is 0 Å². The van der Waals surface area contributed by atoms with Gasteiger partial charge in [-0.3, -0.25) is 0 Å². The number of benzene rings is 1. The average Bonchev–Trinajstić information content (AvgIpc) is 3.13. The second-order valence-electron chi connectivity index (χ2n) is 5.64. The van der Waals surface area contributed by atoms with Crippen LogP contribution >= 0.6 is 0 Å². The van der Waals surface area contributed by atoms with E-state index in [4.69, 9.17) is 5.73 Å². The summed E-state index contributed by atoms with van der Waals surface area (Å²) in [5.74, 6) is 5.55. The summed E-state index contributed by atoms with van der Waals surface area (Å²) in [6, 6.07) is 5.16. The van der Waals surface area contributed by atoms with Crippen molar-refractivity contribution in [1.29, 1.82) is 0 Å². The molecule has 2 rings (SSSR count). The number of aryl methyl sites for hydroxylation is 1. The fourth-order valence-electron chi connectivity index (χ4n) is 1.86. The van der Waals surface area contributed by atoms with E-state index in [1.54, 1.807) is 18.2 Å². The minimum Gasteiger partial charge on any atom is -0.320 e. The summed E-state index contributed by atoms with van der Waals surface area (Å²) in [7, 11) is -3.52. The van der Waals surface area contributed by atoms with Crippen LogP contribution in [0.5, 0.6) is 0 Å². The molecular weight excluding hydrogens is 272 g/mol. The molecule has 0 saturated heterocycles. The van der Waals surface area contributed by atoms with Gasteiger partial charge in [0, 0.05) is 12.1 Å². The van der Waals surface area contributed by atoms with Gasteiger partial charge in [0.25, 0.3) is 0 Å². The smallest absolute Gasteiger partial charge is 0.241 e. The van der Waals surface area contributed by atoms with E-state index in [1.165, 1.54) is 0 Å². The molecule has 0 unspecified atom stereocenters. The molecule has 0 spiro atoms.